The number of benzene rings is 1. The molecule has 0 amide bonds. The van der Waals surface area contributed by atoms with E-state index in [1.54, 1.807) is 0 Å². The number of nitrogens with zero attached hydrogens (tertiary/aromatic N) is 2. The topological polar surface area (TPSA) is 29.9 Å². The van der Waals surface area contributed by atoms with Crippen LogP contribution in [0.5, 0.6) is 0 Å². The van der Waals surface area contributed by atoms with Crippen LogP contribution < -0.4 is 5.32 Å². The third-order valence-electron chi connectivity index (χ3n) is 2.54. The van der Waals surface area contributed by atoms with Crippen LogP contribution in [0.3, 0.4) is 0 Å². The number of hydrogen-bond donors (Lipinski definition) is 1. The van der Waals surface area contributed by atoms with E-state index >= 15 is 0 Å². The number of aromatic nitrogens is 2. The SMILES string of the molecule is Cc1ccc(NCc2nccn2C)cc1Br. The van der Waals surface area contributed by atoms with E-state index in [1.165, 1.54) is 5.56 Å². The van der Waals surface area contributed by atoms with Crippen molar-refractivity contribution in [3.63, 3.8) is 0 Å². The Morgan fingerprint density at radius 2 is 2.25 bits per heavy atom. The summed E-state index contributed by atoms with van der Waals surface area (Å²) in [6, 6.07) is 6.24. The Balaban J connectivity index is 2.05. The van der Waals surface area contributed by atoms with Crippen LogP contribution in [-0.4, -0.2) is 9.55 Å². The maximum atomic E-state index is 4.26. The molecule has 0 bridgehead atoms. The molecule has 1 aromatic heterocycles. The van der Waals surface area contributed by atoms with E-state index < -0.39 is 0 Å². The highest BCUT2D eigenvalue weighted by atomic mass is 79.9. The number of imidazole rings is 1. The average Bonchev–Trinajstić information content (AvgIpc) is 2.66. The van der Waals surface area contributed by atoms with Gasteiger partial charge in [-0.05, 0) is 24.6 Å². The molecule has 84 valence electrons. The zero-order valence-electron chi connectivity index (χ0n) is 9.37. The number of anilines is 1. The maximum absolute atomic E-state index is 4.26. The van der Waals surface area contributed by atoms with Crippen LogP contribution in [0.15, 0.2) is 35.1 Å². The normalized spacial score (nSPS) is 10.4. The maximum Gasteiger partial charge on any atom is 0.127 e. The van der Waals surface area contributed by atoms with Gasteiger partial charge in [-0.3, -0.25) is 0 Å². The second-order valence-corrected chi connectivity index (χ2v) is 4.63. The van der Waals surface area contributed by atoms with Crippen molar-refractivity contribution in [2.75, 3.05) is 5.32 Å². The van der Waals surface area contributed by atoms with Crippen molar-refractivity contribution in [2.45, 2.75) is 13.5 Å². The van der Waals surface area contributed by atoms with Crippen molar-refractivity contribution in [3.05, 3.63) is 46.5 Å². The lowest BCUT2D eigenvalue weighted by Crippen LogP contribution is -2.05. The molecule has 0 aliphatic rings. The van der Waals surface area contributed by atoms with Gasteiger partial charge in [-0.1, -0.05) is 22.0 Å². The molecule has 1 heterocycles. The van der Waals surface area contributed by atoms with Gasteiger partial charge in [0, 0.05) is 29.6 Å². The lowest BCUT2D eigenvalue weighted by molar-refractivity contribution is 0.813. The molecule has 1 N–H and O–H groups in total. The highest BCUT2D eigenvalue weighted by molar-refractivity contribution is 9.10. The summed E-state index contributed by atoms with van der Waals surface area (Å²) in [7, 11) is 2.00. The van der Waals surface area contributed by atoms with Gasteiger partial charge in [0.2, 0.25) is 0 Å². The third-order valence-corrected chi connectivity index (χ3v) is 3.40. The summed E-state index contributed by atoms with van der Waals surface area (Å²) in [5.41, 5.74) is 2.34. The van der Waals surface area contributed by atoms with Crippen LogP contribution in [0.1, 0.15) is 11.4 Å². The second-order valence-electron chi connectivity index (χ2n) is 3.77. The Bertz CT molecular complexity index is 491. The van der Waals surface area contributed by atoms with Crippen molar-refractivity contribution in [1.29, 1.82) is 0 Å². The van der Waals surface area contributed by atoms with Crippen molar-refractivity contribution in [2.24, 2.45) is 7.05 Å². The smallest absolute Gasteiger partial charge is 0.127 e. The van der Waals surface area contributed by atoms with Crippen molar-refractivity contribution in [1.82, 2.24) is 9.55 Å². The van der Waals surface area contributed by atoms with Crippen LogP contribution in [0.4, 0.5) is 5.69 Å². The van der Waals surface area contributed by atoms with Gasteiger partial charge in [-0.25, -0.2) is 4.98 Å². The molecular formula is C12H14BrN3. The predicted octanol–water partition coefficient (Wildman–Crippen LogP) is 3.10. The average molecular weight is 280 g/mol. The van der Waals surface area contributed by atoms with E-state index in [9.17, 15) is 0 Å². The Morgan fingerprint density at radius 3 is 2.88 bits per heavy atom. The summed E-state index contributed by atoms with van der Waals surface area (Å²) in [6.45, 7) is 2.81. The molecule has 0 saturated carbocycles. The number of halogens is 1. The molecule has 2 rings (SSSR count). The van der Waals surface area contributed by atoms with Gasteiger partial charge in [0.1, 0.15) is 5.82 Å². The Hall–Kier alpha value is -1.29. The van der Waals surface area contributed by atoms with Gasteiger partial charge < -0.3 is 9.88 Å². The quantitative estimate of drug-likeness (QED) is 0.936. The zero-order chi connectivity index (χ0) is 11.5. The van der Waals surface area contributed by atoms with Gasteiger partial charge in [0.15, 0.2) is 0 Å². The molecule has 0 fully saturated rings. The molecule has 0 saturated heterocycles. The molecule has 4 heteroatoms. The van der Waals surface area contributed by atoms with Crippen LogP contribution in [0.2, 0.25) is 0 Å². The molecule has 16 heavy (non-hydrogen) atoms. The van der Waals surface area contributed by atoms with Gasteiger partial charge >= 0.3 is 0 Å². The zero-order valence-corrected chi connectivity index (χ0v) is 11.0. The van der Waals surface area contributed by atoms with Gasteiger partial charge in [-0.2, -0.15) is 0 Å². The molecular weight excluding hydrogens is 266 g/mol. The van der Waals surface area contributed by atoms with E-state index in [4.69, 9.17) is 0 Å². The monoisotopic (exact) mass is 279 g/mol. The fraction of sp³-hybridized carbons (Fsp3) is 0.250. The molecule has 0 aliphatic carbocycles. The number of aryl methyl sites for hydroxylation is 2. The molecule has 0 aliphatic heterocycles. The fourth-order valence-corrected chi connectivity index (χ4v) is 1.83. The molecule has 2 aromatic rings. The first-order valence-electron chi connectivity index (χ1n) is 5.13. The summed E-state index contributed by atoms with van der Waals surface area (Å²) in [6.07, 6.45) is 3.75. The highest BCUT2D eigenvalue weighted by Gasteiger charge is 2.00. The lowest BCUT2D eigenvalue weighted by Gasteiger charge is -2.07. The van der Waals surface area contributed by atoms with Crippen molar-refractivity contribution < 1.29 is 0 Å². The van der Waals surface area contributed by atoms with E-state index in [1.807, 2.05) is 24.0 Å². The van der Waals surface area contributed by atoms with E-state index in [-0.39, 0.29) is 0 Å². The fourth-order valence-electron chi connectivity index (χ4n) is 1.45. The number of nitrogens with one attached hydrogen (secondary N) is 1. The lowest BCUT2D eigenvalue weighted by atomic mass is 10.2. The summed E-state index contributed by atoms with van der Waals surface area (Å²) in [5, 5.41) is 3.34. The van der Waals surface area contributed by atoms with E-state index in [2.05, 4.69) is 51.4 Å². The van der Waals surface area contributed by atoms with Gasteiger partial charge in [0.25, 0.3) is 0 Å². The van der Waals surface area contributed by atoms with E-state index in [0.29, 0.717) is 0 Å². The van der Waals surface area contributed by atoms with Gasteiger partial charge in [0.05, 0.1) is 6.54 Å². The minimum atomic E-state index is 0.735. The molecule has 0 radical (unpaired) electrons. The van der Waals surface area contributed by atoms with Crippen LogP contribution >= 0.6 is 15.9 Å². The Labute approximate surface area is 104 Å². The Morgan fingerprint density at radius 1 is 1.44 bits per heavy atom. The first-order chi connectivity index (χ1) is 7.66. The van der Waals surface area contributed by atoms with Crippen LogP contribution in [0.25, 0.3) is 0 Å². The highest BCUT2D eigenvalue weighted by Crippen LogP contribution is 2.20. The largest absolute Gasteiger partial charge is 0.378 e. The van der Waals surface area contributed by atoms with Crippen molar-refractivity contribution >= 4 is 21.6 Å². The summed E-state index contributed by atoms with van der Waals surface area (Å²) in [5.74, 6) is 1.02. The molecule has 0 spiro atoms. The number of rotatable bonds is 3. The van der Waals surface area contributed by atoms with E-state index in [0.717, 1.165) is 22.5 Å². The summed E-state index contributed by atoms with van der Waals surface area (Å²) < 4.78 is 3.13. The molecule has 0 atom stereocenters. The summed E-state index contributed by atoms with van der Waals surface area (Å²) in [4.78, 5) is 4.26. The van der Waals surface area contributed by atoms with Crippen molar-refractivity contribution in [3.8, 4) is 0 Å². The molecule has 0 unspecified atom stereocenters. The molecule has 1 aromatic carbocycles. The number of hydrogen-bond acceptors (Lipinski definition) is 2. The second kappa shape index (κ2) is 4.70. The first kappa shape index (κ1) is 11.2. The van der Waals surface area contributed by atoms with Crippen LogP contribution in [-0.2, 0) is 13.6 Å². The predicted molar refractivity (Wildman–Crippen MR) is 69.4 cm³/mol. The standard InChI is InChI=1S/C12H14BrN3/c1-9-3-4-10(7-11(9)13)15-8-12-14-5-6-16(12)2/h3-7,15H,8H2,1-2H3. The minimum Gasteiger partial charge on any atom is -0.378 e. The first-order valence-corrected chi connectivity index (χ1v) is 5.92. The van der Waals surface area contributed by atoms with Gasteiger partial charge in [-0.15, -0.1) is 0 Å². The van der Waals surface area contributed by atoms with Crippen LogP contribution in [0, 0.1) is 6.92 Å². The Kier molecular flexibility index (Phi) is 3.29. The minimum absolute atomic E-state index is 0.735. The molecule has 3 nitrogen and oxygen atoms in total. The summed E-state index contributed by atoms with van der Waals surface area (Å²) >= 11 is 3.52. The third kappa shape index (κ3) is 2.44.